The molecule has 0 bridgehead atoms. The Bertz CT molecular complexity index is 1120. The van der Waals surface area contributed by atoms with Crippen LogP contribution in [0.4, 0.5) is 13.2 Å². The monoisotopic (exact) mass is 487 g/mol. The van der Waals surface area contributed by atoms with E-state index in [0.29, 0.717) is 17.9 Å². The second kappa shape index (κ2) is 11.5. The maximum Gasteiger partial charge on any atom is 0.416 e. The van der Waals surface area contributed by atoms with E-state index in [1.165, 1.54) is 0 Å². The van der Waals surface area contributed by atoms with Gasteiger partial charge in [-0.2, -0.15) is 13.2 Å². The van der Waals surface area contributed by atoms with Crippen LogP contribution in [0.1, 0.15) is 28.4 Å². The first-order chi connectivity index (χ1) is 16.7. The fraction of sp³-hybridized carbons (Fsp3) is 0.231. The number of aliphatic hydroxyl groups excluding tert-OH is 1. The summed E-state index contributed by atoms with van der Waals surface area (Å²) in [5, 5.41) is 12.7. The lowest BCUT2D eigenvalue weighted by atomic mass is 10.0. The highest BCUT2D eigenvalue weighted by Crippen LogP contribution is 2.30. The largest absolute Gasteiger partial charge is 0.489 e. The van der Waals surface area contributed by atoms with Gasteiger partial charge in [0.2, 0.25) is 0 Å². The molecule has 0 aliphatic carbocycles. The minimum atomic E-state index is -4.54. The van der Waals surface area contributed by atoms with Crippen LogP contribution in [0.3, 0.4) is 0 Å². The standard InChI is InChI=1S/C26H24F3NO5/c1-34-25(33)22(30-24(32)23(31)19-9-11-20(12-10-19)26(27,28)29)15-17-7-13-21(14-8-17)35-16-18-5-3-2-4-6-18/h2-14,22-23,31H,15-16H2,1H3,(H,30,32)/t22-,23+/m1/s1. The average molecular weight is 487 g/mol. The molecule has 3 aromatic carbocycles. The average Bonchev–Trinajstić information content (AvgIpc) is 2.87. The summed E-state index contributed by atoms with van der Waals surface area (Å²) in [4.78, 5) is 24.7. The van der Waals surface area contributed by atoms with Crippen molar-refractivity contribution in [3.8, 4) is 5.75 Å². The number of methoxy groups -OCH3 is 1. The van der Waals surface area contributed by atoms with Gasteiger partial charge in [0.05, 0.1) is 12.7 Å². The van der Waals surface area contributed by atoms with Crippen LogP contribution in [0, 0.1) is 0 Å². The molecule has 0 saturated heterocycles. The molecule has 35 heavy (non-hydrogen) atoms. The van der Waals surface area contributed by atoms with E-state index < -0.39 is 35.8 Å². The van der Waals surface area contributed by atoms with E-state index in [0.717, 1.165) is 36.9 Å². The van der Waals surface area contributed by atoms with Crippen LogP contribution in [0.5, 0.6) is 5.75 Å². The third-order valence-corrected chi connectivity index (χ3v) is 5.22. The molecule has 0 radical (unpaired) electrons. The summed E-state index contributed by atoms with van der Waals surface area (Å²) in [5.41, 5.74) is 0.755. The Hall–Kier alpha value is -3.85. The van der Waals surface area contributed by atoms with Gasteiger partial charge in [-0.15, -0.1) is 0 Å². The summed E-state index contributed by atoms with van der Waals surface area (Å²) in [6.45, 7) is 0.392. The molecule has 6 nitrogen and oxygen atoms in total. The third kappa shape index (κ3) is 7.31. The first-order valence-electron chi connectivity index (χ1n) is 10.7. The summed E-state index contributed by atoms with van der Waals surface area (Å²) in [6, 6.07) is 19.0. The molecule has 0 heterocycles. The van der Waals surface area contributed by atoms with Gasteiger partial charge in [0, 0.05) is 6.42 Å². The van der Waals surface area contributed by atoms with Gasteiger partial charge in [-0.3, -0.25) is 4.79 Å². The minimum absolute atomic E-state index is 0.0426. The zero-order valence-corrected chi connectivity index (χ0v) is 18.8. The van der Waals surface area contributed by atoms with Gasteiger partial charge in [0.1, 0.15) is 18.4 Å². The van der Waals surface area contributed by atoms with Crippen molar-refractivity contribution >= 4 is 11.9 Å². The smallest absolute Gasteiger partial charge is 0.416 e. The number of aliphatic hydroxyl groups is 1. The molecule has 0 unspecified atom stereocenters. The van der Waals surface area contributed by atoms with Crippen molar-refractivity contribution in [2.24, 2.45) is 0 Å². The third-order valence-electron chi connectivity index (χ3n) is 5.22. The number of carbonyl (C=O) groups excluding carboxylic acids is 2. The molecular formula is C26H24F3NO5. The maximum atomic E-state index is 12.7. The van der Waals surface area contributed by atoms with Crippen molar-refractivity contribution in [1.82, 2.24) is 5.32 Å². The van der Waals surface area contributed by atoms with E-state index in [9.17, 15) is 27.9 Å². The molecule has 9 heteroatoms. The summed E-state index contributed by atoms with van der Waals surface area (Å²) in [7, 11) is 1.16. The second-order valence-electron chi connectivity index (χ2n) is 7.73. The molecule has 0 spiro atoms. The molecule has 0 saturated carbocycles. The molecule has 0 aliphatic rings. The van der Waals surface area contributed by atoms with E-state index in [-0.39, 0.29) is 12.0 Å². The molecule has 1 amide bonds. The van der Waals surface area contributed by atoms with Gasteiger partial charge in [-0.25, -0.2) is 4.79 Å². The molecular weight excluding hydrogens is 463 g/mol. The van der Waals surface area contributed by atoms with Gasteiger partial charge in [-0.05, 0) is 41.0 Å². The van der Waals surface area contributed by atoms with Gasteiger partial charge in [0.25, 0.3) is 5.91 Å². The minimum Gasteiger partial charge on any atom is -0.489 e. The van der Waals surface area contributed by atoms with Crippen molar-refractivity contribution in [3.05, 3.63) is 101 Å². The van der Waals surface area contributed by atoms with Gasteiger partial charge < -0.3 is 19.9 Å². The van der Waals surface area contributed by atoms with Gasteiger partial charge in [0.15, 0.2) is 6.10 Å². The fourth-order valence-electron chi connectivity index (χ4n) is 3.29. The Labute approximate surface area is 200 Å². The zero-order chi connectivity index (χ0) is 25.4. The van der Waals surface area contributed by atoms with E-state index in [2.05, 4.69) is 5.32 Å². The van der Waals surface area contributed by atoms with E-state index in [4.69, 9.17) is 9.47 Å². The van der Waals surface area contributed by atoms with E-state index >= 15 is 0 Å². The van der Waals surface area contributed by atoms with Crippen LogP contribution in [0.2, 0.25) is 0 Å². The van der Waals surface area contributed by atoms with Crippen LogP contribution in [0.15, 0.2) is 78.9 Å². The highest BCUT2D eigenvalue weighted by molar-refractivity contribution is 5.87. The summed E-state index contributed by atoms with van der Waals surface area (Å²) < 4.78 is 48.7. The lowest BCUT2D eigenvalue weighted by Gasteiger charge is -2.19. The molecule has 3 aromatic rings. The molecule has 0 fully saturated rings. The van der Waals surface area contributed by atoms with Crippen LogP contribution in [-0.4, -0.2) is 30.1 Å². The number of benzene rings is 3. The first kappa shape index (κ1) is 25.8. The Kier molecular flexibility index (Phi) is 8.48. The summed E-state index contributed by atoms with van der Waals surface area (Å²) in [5.74, 6) is -1.06. The van der Waals surface area contributed by atoms with Crippen LogP contribution in [0.25, 0.3) is 0 Å². The van der Waals surface area contributed by atoms with E-state index in [1.54, 1.807) is 24.3 Å². The van der Waals surface area contributed by atoms with E-state index in [1.807, 2.05) is 30.3 Å². The van der Waals surface area contributed by atoms with Crippen molar-refractivity contribution in [2.75, 3.05) is 7.11 Å². The predicted octanol–water partition coefficient (Wildman–Crippen LogP) is 4.22. The number of ether oxygens (including phenoxy) is 2. The van der Waals surface area contributed by atoms with Crippen LogP contribution in [-0.2, 0) is 33.5 Å². The molecule has 184 valence electrons. The molecule has 0 aliphatic heterocycles. The molecule has 0 aromatic heterocycles. The highest BCUT2D eigenvalue weighted by Gasteiger charge is 2.31. The van der Waals surface area contributed by atoms with Crippen LogP contribution >= 0.6 is 0 Å². The lowest BCUT2D eigenvalue weighted by molar-refractivity contribution is -0.146. The summed E-state index contributed by atoms with van der Waals surface area (Å²) in [6.07, 6.45) is -6.24. The summed E-state index contributed by atoms with van der Waals surface area (Å²) >= 11 is 0. The van der Waals surface area contributed by atoms with Gasteiger partial charge in [-0.1, -0.05) is 54.6 Å². The number of nitrogens with one attached hydrogen (secondary N) is 1. The number of halogens is 3. The normalized spacial score (nSPS) is 12.9. The molecule has 2 N–H and O–H groups in total. The number of rotatable bonds is 9. The Balaban J connectivity index is 1.62. The lowest BCUT2D eigenvalue weighted by Crippen LogP contribution is -2.45. The SMILES string of the molecule is COC(=O)[C@@H](Cc1ccc(OCc2ccccc2)cc1)NC(=O)[C@@H](O)c1ccc(C(F)(F)F)cc1. The van der Waals surface area contributed by atoms with Crippen LogP contribution < -0.4 is 10.1 Å². The Morgan fingerprint density at radius 2 is 1.54 bits per heavy atom. The second-order valence-corrected chi connectivity index (χ2v) is 7.73. The number of carbonyl (C=O) groups is 2. The fourth-order valence-corrected chi connectivity index (χ4v) is 3.29. The topological polar surface area (TPSA) is 84.9 Å². The number of hydrogen-bond acceptors (Lipinski definition) is 5. The number of hydrogen-bond donors (Lipinski definition) is 2. The number of amides is 1. The quantitative estimate of drug-likeness (QED) is 0.442. The highest BCUT2D eigenvalue weighted by atomic mass is 19.4. The maximum absolute atomic E-state index is 12.7. The number of alkyl halides is 3. The Morgan fingerprint density at radius 3 is 2.11 bits per heavy atom. The predicted molar refractivity (Wildman–Crippen MR) is 121 cm³/mol. The molecule has 2 atom stereocenters. The van der Waals surface area contributed by atoms with Crippen molar-refractivity contribution in [1.29, 1.82) is 0 Å². The molecule has 3 rings (SSSR count). The Morgan fingerprint density at radius 1 is 0.914 bits per heavy atom. The van der Waals surface area contributed by atoms with Gasteiger partial charge >= 0.3 is 12.1 Å². The van der Waals surface area contributed by atoms with Crippen molar-refractivity contribution in [3.63, 3.8) is 0 Å². The first-order valence-corrected chi connectivity index (χ1v) is 10.7. The van der Waals surface area contributed by atoms with Crippen molar-refractivity contribution in [2.45, 2.75) is 31.3 Å². The zero-order valence-electron chi connectivity index (χ0n) is 18.8. The van der Waals surface area contributed by atoms with Crippen molar-refractivity contribution < 1.29 is 37.3 Å². The number of esters is 1.